The Hall–Kier alpha value is -3.32. The normalized spacial score (nSPS) is 30.6. The van der Waals surface area contributed by atoms with E-state index in [1.165, 1.54) is 11.0 Å². The molecule has 11 nitrogen and oxygen atoms in total. The summed E-state index contributed by atoms with van der Waals surface area (Å²) < 4.78 is 21.3. The highest BCUT2D eigenvalue weighted by molar-refractivity contribution is 6.24. The number of likely N-dealkylation sites (N-methyl/N-ethyl adjacent to an activating group) is 1. The number of hydrogen-bond donors (Lipinski definition) is 5. The third kappa shape index (κ3) is 3.96. The molecule has 0 unspecified atom stereocenters. The molecule has 1 aliphatic heterocycles. The molecule has 1 fully saturated rings. The van der Waals surface area contributed by atoms with E-state index in [0.29, 0.717) is 6.61 Å². The van der Waals surface area contributed by atoms with Gasteiger partial charge in [-0.25, -0.2) is 4.39 Å². The molecule has 1 aromatic rings. The average Bonchev–Trinajstić information content (AvgIpc) is 3.30. The van der Waals surface area contributed by atoms with E-state index in [-0.39, 0.29) is 47.7 Å². The Balaban J connectivity index is 1.60. The zero-order valence-corrected chi connectivity index (χ0v) is 22.6. The Morgan fingerprint density at radius 3 is 2.60 bits per heavy atom. The van der Waals surface area contributed by atoms with E-state index in [2.05, 4.69) is 4.90 Å². The Morgan fingerprint density at radius 2 is 1.98 bits per heavy atom. The molecule has 6 N–H and O–H groups in total. The number of likely N-dealkylation sites (tertiary alicyclic amines) is 1. The number of nitrogens with two attached hydrogens (primary N) is 1. The van der Waals surface area contributed by atoms with E-state index in [1.807, 2.05) is 0 Å². The monoisotopic (exact) mass is 559 g/mol. The number of amides is 1. The molecule has 40 heavy (non-hydrogen) atoms. The summed E-state index contributed by atoms with van der Waals surface area (Å²) in [7, 11) is 4.70. The van der Waals surface area contributed by atoms with Gasteiger partial charge in [-0.1, -0.05) is 0 Å². The van der Waals surface area contributed by atoms with Crippen LogP contribution in [0.15, 0.2) is 28.7 Å². The number of fused-ring (bicyclic) bond motifs is 3. The molecule has 5 atom stereocenters. The number of primary amides is 1. The summed E-state index contributed by atoms with van der Waals surface area (Å²) in [5.41, 5.74) is 1.30. The molecular formula is C28H34FN3O8. The highest BCUT2D eigenvalue weighted by Crippen LogP contribution is 2.52. The first kappa shape index (κ1) is 28.2. The molecule has 5 rings (SSSR count). The van der Waals surface area contributed by atoms with Crippen molar-refractivity contribution in [2.24, 2.45) is 17.6 Å². The number of methoxy groups -OCH3 is 1. The number of aliphatic hydroxyl groups is 3. The van der Waals surface area contributed by atoms with Crippen LogP contribution in [0.3, 0.4) is 0 Å². The first-order chi connectivity index (χ1) is 18.8. The van der Waals surface area contributed by atoms with E-state index in [1.54, 1.807) is 21.2 Å². The Kier molecular flexibility index (Phi) is 7.02. The fourth-order valence-corrected chi connectivity index (χ4v) is 7.17. The fourth-order valence-electron chi connectivity index (χ4n) is 7.17. The SMILES string of the molecule is COC[C@H]1CCCN1Cc1cc(O)c2c(c1F)C[C@H]1C[C@H]3[C@H](N(C)C)C(O)=C(C(N)=O)C(=O)[C@@]3(O)C(O)=C1C2=O. The summed E-state index contributed by atoms with van der Waals surface area (Å²) >= 11 is 0. The Labute approximate surface area is 230 Å². The van der Waals surface area contributed by atoms with Gasteiger partial charge >= 0.3 is 0 Å². The van der Waals surface area contributed by atoms with Crippen LogP contribution < -0.4 is 5.73 Å². The second kappa shape index (κ2) is 9.95. The van der Waals surface area contributed by atoms with Crippen molar-refractivity contribution in [2.45, 2.75) is 49.9 Å². The number of halogens is 1. The summed E-state index contributed by atoms with van der Waals surface area (Å²) in [6, 6.07) is 0.194. The van der Waals surface area contributed by atoms with Crippen LogP contribution in [0.5, 0.6) is 5.75 Å². The molecule has 0 bridgehead atoms. The lowest BCUT2D eigenvalue weighted by molar-refractivity contribution is -0.148. The molecule has 0 radical (unpaired) electrons. The minimum Gasteiger partial charge on any atom is -0.510 e. The van der Waals surface area contributed by atoms with Gasteiger partial charge in [-0.2, -0.15) is 0 Å². The standard InChI is InChI=1S/C28H34FN3O8/c1-31(2)22-16-8-12-7-15-19(17(33)9-13(21(15)29)10-32-6-4-5-14(32)11-40-3)23(34)18(12)25(36)28(16,39)26(37)20(24(22)35)27(30)38/h9,12,14,16,22,33,35-36,39H,4-8,10-11H2,1-3H3,(H2,30,38)/t12-,14+,16-,22-,28-/m0/s1. The van der Waals surface area contributed by atoms with Crippen LogP contribution in [0, 0.1) is 17.7 Å². The van der Waals surface area contributed by atoms with E-state index in [9.17, 15) is 34.8 Å². The van der Waals surface area contributed by atoms with E-state index >= 15 is 4.39 Å². The maximum absolute atomic E-state index is 16.0. The summed E-state index contributed by atoms with van der Waals surface area (Å²) in [4.78, 5) is 42.6. The van der Waals surface area contributed by atoms with E-state index in [4.69, 9.17) is 10.5 Å². The van der Waals surface area contributed by atoms with Gasteiger partial charge < -0.3 is 30.9 Å². The predicted octanol–water partition coefficient (Wildman–Crippen LogP) is 0.871. The summed E-state index contributed by atoms with van der Waals surface area (Å²) in [6.07, 6.45) is 1.63. The first-order valence-corrected chi connectivity index (χ1v) is 13.2. The lowest BCUT2D eigenvalue weighted by Crippen LogP contribution is -2.63. The van der Waals surface area contributed by atoms with Crippen molar-refractivity contribution in [1.29, 1.82) is 0 Å². The van der Waals surface area contributed by atoms with Gasteiger partial charge in [0.2, 0.25) is 5.78 Å². The number of ether oxygens (including phenoxy) is 1. The lowest BCUT2D eigenvalue weighted by Gasteiger charge is -2.50. The minimum atomic E-state index is -2.73. The number of Topliss-reactive ketones (excluding diaryl/α,β-unsaturated/α-hetero) is 2. The fraction of sp³-hybridized carbons (Fsp3) is 0.536. The Morgan fingerprint density at radius 1 is 1.27 bits per heavy atom. The molecule has 4 aliphatic rings. The second-order valence-electron chi connectivity index (χ2n) is 11.4. The van der Waals surface area contributed by atoms with Gasteiger partial charge in [0.05, 0.1) is 18.2 Å². The zero-order chi connectivity index (χ0) is 29.3. The number of ketones is 2. The third-order valence-electron chi connectivity index (χ3n) is 8.96. The average molecular weight is 560 g/mol. The van der Waals surface area contributed by atoms with Crippen LogP contribution in [-0.2, 0) is 27.3 Å². The number of allylic oxidation sites excluding steroid dienone is 1. The molecule has 0 saturated carbocycles. The van der Waals surface area contributed by atoms with Gasteiger partial charge in [0.25, 0.3) is 5.91 Å². The number of carbonyl (C=O) groups excluding carboxylic acids is 3. The van der Waals surface area contributed by atoms with Gasteiger partial charge in [-0.05, 0) is 58.3 Å². The number of phenols is 1. The predicted molar refractivity (Wildman–Crippen MR) is 139 cm³/mol. The molecule has 1 heterocycles. The number of aromatic hydroxyl groups is 1. The second-order valence-corrected chi connectivity index (χ2v) is 11.4. The zero-order valence-electron chi connectivity index (χ0n) is 22.6. The lowest BCUT2D eigenvalue weighted by atomic mass is 9.58. The number of phenolic OH excluding ortho intramolecular Hbond substituents is 1. The van der Waals surface area contributed by atoms with Crippen molar-refractivity contribution >= 4 is 17.5 Å². The van der Waals surface area contributed by atoms with Crippen molar-refractivity contribution in [2.75, 3.05) is 34.4 Å². The van der Waals surface area contributed by atoms with Crippen molar-refractivity contribution in [1.82, 2.24) is 9.80 Å². The first-order valence-electron chi connectivity index (χ1n) is 13.2. The third-order valence-corrected chi connectivity index (χ3v) is 8.96. The van der Waals surface area contributed by atoms with Gasteiger partial charge in [-0.15, -0.1) is 0 Å². The van der Waals surface area contributed by atoms with E-state index in [0.717, 1.165) is 19.4 Å². The highest BCUT2D eigenvalue weighted by atomic mass is 19.1. The van der Waals surface area contributed by atoms with Gasteiger partial charge in [-0.3, -0.25) is 24.2 Å². The van der Waals surface area contributed by atoms with Gasteiger partial charge in [0.1, 0.15) is 28.7 Å². The molecule has 12 heteroatoms. The van der Waals surface area contributed by atoms with Crippen molar-refractivity contribution < 1.29 is 43.9 Å². The topological polar surface area (TPSA) is 174 Å². The molecule has 0 aromatic heterocycles. The summed E-state index contributed by atoms with van der Waals surface area (Å²) in [5, 5.41) is 44.7. The quantitative estimate of drug-likeness (QED) is 0.315. The van der Waals surface area contributed by atoms with Crippen LogP contribution in [-0.4, -0.2) is 99.7 Å². The minimum absolute atomic E-state index is 0.00407. The Bertz CT molecular complexity index is 1370. The van der Waals surface area contributed by atoms with Crippen LogP contribution in [0.25, 0.3) is 0 Å². The van der Waals surface area contributed by atoms with Crippen LogP contribution in [0.1, 0.15) is 40.7 Å². The van der Waals surface area contributed by atoms with Crippen molar-refractivity contribution in [3.8, 4) is 5.75 Å². The smallest absolute Gasteiger partial charge is 0.255 e. The maximum Gasteiger partial charge on any atom is 0.255 e. The molecule has 3 aliphatic carbocycles. The van der Waals surface area contributed by atoms with Crippen LogP contribution >= 0.6 is 0 Å². The number of rotatable bonds is 6. The van der Waals surface area contributed by atoms with Gasteiger partial charge in [0.15, 0.2) is 11.4 Å². The molecular weight excluding hydrogens is 525 g/mol. The number of nitrogens with zero attached hydrogens (tertiary/aromatic N) is 2. The number of aliphatic hydroxyl groups excluding tert-OH is 2. The molecule has 1 aromatic carbocycles. The van der Waals surface area contributed by atoms with Crippen molar-refractivity contribution in [3.63, 3.8) is 0 Å². The molecule has 216 valence electrons. The van der Waals surface area contributed by atoms with Gasteiger partial charge in [0, 0.05) is 42.3 Å². The maximum atomic E-state index is 16.0. The molecule has 1 amide bonds. The number of benzene rings is 1. The summed E-state index contributed by atoms with van der Waals surface area (Å²) in [5.74, 6) is -8.25. The van der Waals surface area contributed by atoms with Crippen molar-refractivity contribution in [3.05, 3.63) is 51.2 Å². The summed E-state index contributed by atoms with van der Waals surface area (Å²) in [6.45, 7) is 1.43. The number of hydrogen-bond acceptors (Lipinski definition) is 10. The molecule has 0 spiro atoms. The number of carbonyl (C=O) groups is 3. The highest BCUT2D eigenvalue weighted by Gasteiger charge is 2.63. The largest absolute Gasteiger partial charge is 0.510 e. The van der Waals surface area contributed by atoms with E-state index < -0.39 is 69.6 Å². The van der Waals surface area contributed by atoms with Crippen LogP contribution in [0.4, 0.5) is 4.39 Å². The molecule has 1 saturated heterocycles. The van der Waals surface area contributed by atoms with Crippen LogP contribution in [0.2, 0.25) is 0 Å².